The van der Waals surface area contributed by atoms with Crippen LogP contribution in [0.2, 0.25) is 0 Å². The molecule has 1 unspecified atom stereocenters. The topological polar surface area (TPSA) is 93.5 Å². The highest BCUT2D eigenvalue weighted by Crippen LogP contribution is 2.23. The summed E-state index contributed by atoms with van der Waals surface area (Å²) in [6.45, 7) is 3.15. The first-order chi connectivity index (χ1) is 11.1. The van der Waals surface area contributed by atoms with Gasteiger partial charge < -0.3 is 21.1 Å². The van der Waals surface area contributed by atoms with Crippen LogP contribution in [0, 0.1) is 0 Å². The van der Waals surface area contributed by atoms with Gasteiger partial charge in [0.05, 0.1) is 0 Å². The molecule has 0 saturated carbocycles. The van der Waals surface area contributed by atoms with Crippen LogP contribution in [-0.2, 0) is 20.7 Å². The third-order valence-electron chi connectivity index (χ3n) is 3.86. The number of rotatable bonds is 7. The molecule has 0 bridgehead atoms. The van der Waals surface area contributed by atoms with Gasteiger partial charge in [-0.05, 0) is 49.9 Å². The number of carbonyl (C=O) groups excluding carboxylic acids is 2. The molecule has 2 rings (SSSR count). The largest absolute Gasteiger partial charge is 0.368 e. The van der Waals surface area contributed by atoms with Crippen molar-refractivity contribution in [1.82, 2.24) is 0 Å². The number of carbonyl (C=O) groups is 2. The number of ether oxygens (including phenoxy) is 1. The minimum atomic E-state index is -0.372. The van der Waals surface area contributed by atoms with Gasteiger partial charge in [0.15, 0.2) is 0 Å². The smallest absolute Gasteiger partial charge is 0.253 e. The number of nitrogens with two attached hydrogens (primary N) is 1. The molecule has 1 heterocycles. The molecule has 1 saturated heterocycles. The maximum Gasteiger partial charge on any atom is 0.253 e. The van der Waals surface area contributed by atoms with Crippen LogP contribution < -0.4 is 16.4 Å². The number of amides is 2. The quantitative estimate of drug-likeness (QED) is 0.717. The van der Waals surface area contributed by atoms with Gasteiger partial charge in [-0.2, -0.15) is 0 Å². The molecular formula is C17H25N3O3. The highest BCUT2D eigenvalue weighted by atomic mass is 16.5. The Morgan fingerprint density at radius 2 is 2.17 bits per heavy atom. The lowest BCUT2D eigenvalue weighted by Crippen LogP contribution is -2.27. The van der Waals surface area contributed by atoms with Crippen molar-refractivity contribution in [1.29, 1.82) is 0 Å². The number of nitrogens with one attached hydrogen (secondary N) is 2. The molecule has 0 radical (unpaired) electrons. The third-order valence-corrected chi connectivity index (χ3v) is 3.86. The Morgan fingerprint density at radius 3 is 2.83 bits per heavy atom. The molecule has 1 aromatic carbocycles. The van der Waals surface area contributed by atoms with E-state index in [-0.39, 0.29) is 17.9 Å². The predicted octanol–water partition coefficient (Wildman–Crippen LogP) is 2.04. The molecule has 1 fully saturated rings. The molecule has 0 aliphatic carbocycles. The number of benzene rings is 1. The summed E-state index contributed by atoms with van der Waals surface area (Å²) < 4.78 is 5.38. The van der Waals surface area contributed by atoms with E-state index >= 15 is 0 Å². The Hall–Kier alpha value is -1.92. The van der Waals surface area contributed by atoms with Crippen LogP contribution in [0.3, 0.4) is 0 Å². The average molecular weight is 319 g/mol. The SMILES string of the molecule is CCc1ccc(NC(=O)C2CCCO2)cc1NC(=O)CCCN. The molecular weight excluding hydrogens is 294 g/mol. The van der Waals surface area contributed by atoms with Crippen molar-refractivity contribution in [3.05, 3.63) is 23.8 Å². The van der Waals surface area contributed by atoms with Crippen molar-refractivity contribution in [3.63, 3.8) is 0 Å². The minimum Gasteiger partial charge on any atom is -0.368 e. The standard InChI is InChI=1S/C17H25N3O3/c1-2-12-7-8-13(19-17(22)15-5-4-10-23-15)11-14(12)20-16(21)6-3-9-18/h7-8,11,15H,2-6,9-10,18H2,1H3,(H,19,22)(H,20,21). The zero-order valence-electron chi connectivity index (χ0n) is 13.6. The summed E-state index contributed by atoms with van der Waals surface area (Å²) in [6.07, 6.45) is 3.14. The van der Waals surface area contributed by atoms with E-state index in [9.17, 15) is 9.59 Å². The number of anilines is 2. The van der Waals surface area contributed by atoms with Crippen LogP contribution in [0.5, 0.6) is 0 Å². The minimum absolute atomic E-state index is 0.0623. The van der Waals surface area contributed by atoms with Gasteiger partial charge in [-0.15, -0.1) is 0 Å². The van der Waals surface area contributed by atoms with E-state index in [1.54, 1.807) is 6.07 Å². The second-order valence-corrected chi connectivity index (χ2v) is 5.66. The van der Waals surface area contributed by atoms with Gasteiger partial charge in [-0.25, -0.2) is 0 Å². The molecule has 23 heavy (non-hydrogen) atoms. The van der Waals surface area contributed by atoms with E-state index in [1.807, 2.05) is 19.1 Å². The molecule has 0 aromatic heterocycles. The first-order valence-corrected chi connectivity index (χ1v) is 8.19. The molecule has 6 heteroatoms. The Balaban J connectivity index is 2.05. The van der Waals surface area contributed by atoms with Crippen molar-refractivity contribution in [2.45, 2.75) is 45.1 Å². The van der Waals surface area contributed by atoms with Crippen LogP contribution >= 0.6 is 0 Å². The fourth-order valence-corrected chi connectivity index (χ4v) is 2.56. The van der Waals surface area contributed by atoms with Crippen molar-refractivity contribution in [2.75, 3.05) is 23.8 Å². The summed E-state index contributed by atoms with van der Waals surface area (Å²) in [4.78, 5) is 24.0. The summed E-state index contributed by atoms with van der Waals surface area (Å²) >= 11 is 0. The molecule has 126 valence electrons. The third kappa shape index (κ3) is 5.04. The van der Waals surface area contributed by atoms with E-state index in [0.29, 0.717) is 31.7 Å². The van der Waals surface area contributed by atoms with E-state index in [4.69, 9.17) is 10.5 Å². The van der Waals surface area contributed by atoms with Crippen molar-refractivity contribution in [2.24, 2.45) is 5.73 Å². The van der Waals surface area contributed by atoms with Crippen LogP contribution in [0.1, 0.15) is 38.2 Å². The molecule has 2 amide bonds. The zero-order chi connectivity index (χ0) is 16.7. The maximum absolute atomic E-state index is 12.1. The lowest BCUT2D eigenvalue weighted by atomic mass is 10.1. The van der Waals surface area contributed by atoms with Gasteiger partial charge in [0.25, 0.3) is 5.91 Å². The number of hydrogen-bond acceptors (Lipinski definition) is 4. The summed E-state index contributed by atoms with van der Waals surface area (Å²) in [7, 11) is 0. The maximum atomic E-state index is 12.1. The van der Waals surface area contributed by atoms with Crippen molar-refractivity contribution < 1.29 is 14.3 Å². The highest BCUT2D eigenvalue weighted by Gasteiger charge is 2.23. The Kier molecular flexibility index (Phi) is 6.55. The highest BCUT2D eigenvalue weighted by molar-refractivity contribution is 5.96. The Bertz CT molecular complexity index is 554. The van der Waals surface area contributed by atoms with E-state index in [0.717, 1.165) is 30.5 Å². The van der Waals surface area contributed by atoms with Gasteiger partial charge in [0, 0.05) is 24.4 Å². The van der Waals surface area contributed by atoms with Gasteiger partial charge in [-0.3, -0.25) is 9.59 Å². The summed E-state index contributed by atoms with van der Waals surface area (Å²) in [5.74, 6) is -0.195. The average Bonchev–Trinajstić information content (AvgIpc) is 3.08. The molecule has 4 N–H and O–H groups in total. The van der Waals surface area contributed by atoms with E-state index in [1.165, 1.54) is 0 Å². The van der Waals surface area contributed by atoms with Crippen molar-refractivity contribution in [3.8, 4) is 0 Å². The van der Waals surface area contributed by atoms with Crippen LogP contribution in [0.25, 0.3) is 0 Å². The summed E-state index contributed by atoms with van der Waals surface area (Å²) in [5.41, 5.74) is 7.85. The van der Waals surface area contributed by atoms with Gasteiger partial charge in [-0.1, -0.05) is 13.0 Å². The molecule has 1 aliphatic heterocycles. The molecule has 1 aliphatic rings. The fraction of sp³-hybridized carbons (Fsp3) is 0.529. The summed E-state index contributed by atoms with van der Waals surface area (Å²) in [5, 5.41) is 5.76. The monoisotopic (exact) mass is 319 g/mol. The van der Waals surface area contributed by atoms with E-state index in [2.05, 4.69) is 10.6 Å². The van der Waals surface area contributed by atoms with Gasteiger partial charge in [0.1, 0.15) is 6.10 Å². The van der Waals surface area contributed by atoms with Crippen LogP contribution in [0.4, 0.5) is 11.4 Å². The zero-order valence-corrected chi connectivity index (χ0v) is 13.6. The molecule has 1 atom stereocenters. The molecule has 0 spiro atoms. The molecule has 6 nitrogen and oxygen atoms in total. The number of aryl methyl sites for hydroxylation is 1. The Labute approximate surface area is 136 Å². The van der Waals surface area contributed by atoms with Crippen molar-refractivity contribution >= 4 is 23.2 Å². The van der Waals surface area contributed by atoms with Gasteiger partial charge >= 0.3 is 0 Å². The first-order valence-electron chi connectivity index (χ1n) is 8.19. The Morgan fingerprint density at radius 1 is 1.35 bits per heavy atom. The lowest BCUT2D eigenvalue weighted by molar-refractivity contribution is -0.124. The second kappa shape index (κ2) is 8.64. The lowest BCUT2D eigenvalue weighted by Gasteiger charge is -2.14. The van der Waals surface area contributed by atoms with E-state index < -0.39 is 0 Å². The fourth-order valence-electron chi connectivity index (χ4n) is 2.56. The number of hydrogen-bond donors (Lipinski definition) is 3. The van der Waals surface area contributed by atoms with Crippen LogP contribution in [0.15, 0.2) is 18.2 Å². The normalized spacial score (nSPS) is 17.0. The predicted molar refractivity (Wildman–Crippen MR) is 90.3 cm³/mol. The molecule has 1 aromatic rings. The van der Waals surface area contributed by atoms with Gasteiger partial charge in [0.2, 0.25) is 5.91 Å². The van der Waals surface area contributed by atoms with Crippen LogP contribution in [-0.4, -0.2) is 31.1 Å². The first kappa shape index (κ1) is 17.4. The second-order valence-electron chi connectivity index (χ2n) is 5.66. The summed E-state index contributed by atoms with van der Waals surface area (Å²) in [6, 6.07) is 5.57.